The van der Waals surface area contributed by atoms with E-state index >= 15 is 0 Å². The number of hydrogen-bond acceptors (Lipinski definition) is 5. The predicted octanol–water partition coefficient (Wildman–Crippen LogP) is 2.46. The Morgan fingerprint density at radius 3 is 2.82 bits per heavy atom. The van der Waals surface area contributed by atoms with E-state index in [0.29, 0.717) is 30.0 Å². The van der Waals surface area contributed by atoms with E-state index in [1.54, 1.807) is 31.9 Å². The highest BCUT2D eigenvalue weighted by atomic mass is 32.1. The molecule has 2 rings (SSSR count). The molecule has 1 amide bonds. The van der Waals surface area contributed by atoms with Gasteiger partial charge in [-0.25, -0.2) is 4.79 Å². The first-order valence-electron chi connectivity index (χ1n) is 7.04. The van der Waals surface area contributed by atoms with Crippen molar-refractivity contribution in [1.29, 1.82) is 0 Å². The molecule has 5 nitrogen and oxygen atoms in total. The van der Waals surface area contributed by atoms with Gasteiger partial charge in [0, 0.05) is 24.2 Å². The minimum Gasteiger partial charge on any atom is -0.462 e. The second kappa shape index (κ2) is 7.38. The summed E-state index contributed by atoms with van der Waals surface area (Å²) in [6.45, 7) is 4.59. The number of hydrogen-bond donors (Lipinski definition) is 0. The monoisotopic (exact) mass is 321 g/mol. The molecule has 1 aromatic rings. The summed E-state index contributed by atoms with van der Waals surface area (Å²) in [5.41, 5.74) is 1.34. The molecule has 0 spiro atoms. The standard InChI is InChI=1S/C16H19NO4S/c1-4-21-16(19)14-11(2)17(7-8-20-3)15(18)13(14)10-12-6-5-9-22-12/h5-6,9-10H,4,7-8H2,1-3H3. The van der Waals surface area contributed by atoms with E-state index in [1.165, 1.54) is 11.3 Å². The van der Waals surface area contributed by atoms with E-state index in [4.69, 9.17) is 9.47 Å². The van der Waals surface area contributed by atoms with Crippen LogP contribution in [0.4, 0.5) is 0 Å². The number of ether oxygens (including phenoxy) is 2. The van der Waals surface area contributed by atoms with Crippen molar-refractivity contribution in [2.75, 3.05) is 26.9 Å². The number of methoxy groups -OCH3 is 1. The zero-order valence-corrected chi connectivity index (χ0v) is 13.7. The van der Waals surface area contributed by atoms with Crippen molar-refractivity contribution in [1.82, 2.24) is 4.90 Å². The summed E-state index contributed by atoms with van der Waals surface area (Å²) >= 11 is 1.51. The molecule has 22 heavy (non-hydrogen) atoms. The van der Waals surface area contributed by atoms with Gasteiger partial charge in [-0.15, -0.1) is 11.3 Å². The summed E-state index contributed by atoms with van der Waals surface area (Å²) in [4.78, 5) is 27.3. The highest BCUT2D eigenvalue weighted by Crippen LogP contribution is 2.32. The third-order valence-corrected chi connectivity index (χ3v) is 4.16. The average molecular weight is 321 g/mol. The molecule has 0 aliphatic carbocycles. The second-order valence-corrected chi connectivity index (χ2v) is 5.68. The molecule has 1 aliphatic heterocycles. The first-order valence-corrected chi connectivity index (χ1v) is 7.92. The van der Waals surface area contributed by atoms with Gasteiger partial charge in [0.25, 0.3) is 5.91 Å². The molecule has 6 heteroatoms. The van der Waals surface area contributed by atoms with Crippen molar-refractivity contribution in [3.8, 4) is 0 Å². The van der Waals surface area contributed by atoms with Gasteiger partial charge in [-0.1, -0.05) is 6.07 Å². The van der Waals surface area contributed by atoms with Gasteiger partial charge in [0.15, 0.2) is 0 Å². The Morgan fingerprint density at radius 2 is 2.23 bits per heavy atom. The number of amides is 1. The van der Waals surface area contributed by atoms with Gasteiger partial charge in [-0.2, -0.15) is 0 Å². The van der Waals surface area contributed by atoms with E-state index < -0.39 is 5.97 Å². The molecular formula is C16H19NO4S. The molecule has 0 fully saturated rings. The van der Waals surface area contributed by atoms with Crippen LogP contribution in [-0.2, 0) is 19.1 Å². The van der Waals surface area contributed by atoms with Gasteiger partial charge in [-0.3, -0.25) is 4.79 Å². The Hall–Kier alpha value is -1.92. The smallest absolute Gasteiger partial charge is 0.340 e. The molecule has 0 bridgehead atoms. The number of carbonyl (C=O) groups is 2. The molecule has 1 aromatic heterocycles. The summed E-state index contributed by atoms with van der Waals surface area (Å²) in [5.74, 6) is -0.651. The molecule has 0 atom stereocenters. The zero-order valence-electron chi connectivity index (χ0n) is 12.9. The van der Waals surface area contributed by atoms with Crippen LogP contribution in [0.25, 0.3) is 6.08 Å². The van der Waals surface area contributed by atoms with E-state index in [9.17, 15) is 9.59 Å². The van der Waals surface area contributed by atoms with E-state index in [-0.39, 0.29) is 12.5 Å². The van der Waals surface area contributed by atoms with Crippen molar-refractivity contribution in [3.05, 3.63) is 39.2 Å². The fraction of sp³-hybridized carbons (Fsp3) is 0.375. The Labute approximate surface area is 133 Å². The van der Waals surface area contributed by atoms with Gasteiger partial charge in [-0.05, 0) is 31.4 Å². The van der Waals surface area contributed by atoms with E-state index in [1.807, 2.05) is 17.5 Å². The number of nitrogens with zero attached hydrogens (tertiary/aromatic N) is 1. The van der Waals surface area contributed by atoms with E-state index in [2.05, 4.69) is 0 Å². The van der Waals surface area contributed by atoms with Crippen molar-refractivity contribution in [3.63, 3.8) is 0 Å². The quantitative estimate of drug-likeness (QED) is 0.596. The fourth-order valence-corrected chi connectivity index (χ4v) is 2.95. The summed E-state index contributed by atoms with van der Waals surface area (Å²) in [5, 5.41) is 1.93. The van der Waals surface area contributed by atoms with Crippen LogP contribution < -0.4 is 0 Å². The third-order valence-electron chi connectivity index (χ3n) is 3.34. The van der Waals surface area contributed by atoms with Gasteiger partial charge in [0.2, 0.25) is 0 Å². The maximum atomic E-state index is 12.6. The Morgan fingerprint density at radius 1 is 1.45 bits per heavy atom. The lowest BCUT2D eigenvalue weighted by atomic mass is 10.1. The lowest BCUT2D eigenvalue weighted by Crippen LogP contribution is -2.28. The molecule has 0 saturated carbocycles. The maximum Gasteiger partial charge on any atom is 0.340 e. The Balaban J connectivity index is 2.41. The molecule has 118 valence electrons. The first-order chi connectivity index (χ1) is 10.6. The number of esters is 1. The van der Waals surface area contributed by atoms with Crippen LogP contribution in [0.5, 0.6) is 0 Å². The average Bonchev–Trinajstić information content (AvgIpc) is 3.07. The first kappa shape index (κ1) is 16.5. The molecule has 0 saturated heterocycles. The van der Waals surface area contributed by atoms with Crippen molar-refractivity contribution >= 4 is 29.3 Å². The normalized spacial score (nSPS) is 16.8. The van der Waals surface area contributed by atoms with Crippen molar-refractivity contribution in [2.24, 2.45) is 0 Å². The highest BCUT2D eigenvalue weighted by molar-refractivity contribution is 7.10. The molecule has 1 aliphatic rings. The van der Waals surface area contributed by atoms with Gasteiger partial charge in [0.1, 0.15) is 0 Å². The predicted molar refractivity (Wildman–Crippen MR) is 85.2 cm³/mol. The van der Waals surface area contributed by atoms with Crippen molar-refractivity contribution < 1.29 is 19.1 Å². The Kier molecular flexibility index (Phi) is 5.51. The fourth-order valence-electron chi connectivity index (χ4n) is 2.30. The third kappa shape index (κ3) is 3.28. The van der Waals surface area contributed by atoms with Crippen molar-refractivity contribution in [2.45, 2.75) is 13.8 Å². The van der Waals surface area contributed by atoms with Crippen LogP contribution in [0.15, 0.2) is 34.4 Å². The van der Waals surface area contributed by atoms with Crippen LogP contribution in [0.1, 0.15) is 18.7 Å². The number of thiophene rings is 1. The summed E-state index contributed by atoms with van der Waals surface area (Å²) in [6, 6.07) is 3.81. The maximum absolute atomic E-state index is 12.6. The Bertz CT molecular complexity index is 616. The lowest BCUT2D eigenvalue weighted by Gasteiger charge is -2.16. The minimum absolute atomic E-state index is 0.189. The van der Waals surface area contributed by atoms with Crippen LogP contribution >= 0.6 is 11.3 Å². The summed E-state index contributed by atoms with van der Waals surface area (Å²) in [6.07, 6.45) is 1.75. The largest absolute Gasteiger partial charge is 0.462 e. The van der Waals surface area contributed by atoms with Crippen LogP contribution in [0.3, 0.4) is 0 Å². The number of allylic oxidation sites excluding steroid dienone is 1. The molecule has 2 heterocycles. The number of rotatable bonds is 6. The SMILES string of the molecule is CCOC(=O)C1=C(C)N(CCOC)C(=O)C1=Cc1cccs1. The van der Waals surface area contributed by atoms with E-state index in [0.717, 1.165) is 4.88 Å². The van der Waals surface area contributed by atoms with Gasteiger partial charge < -0.3 is 14.4 Å². The zero-order chi connectivity index (χ0) is 16.1. The molecular weight excluding hydrogens is 302 g/mol. The number of carbonyl (C=O) groups excluding carboxylic acids is 2. The van der Waals surface area contributed by atoms with Crippen LogP contribution in [0.2, 0.25) is 0 Å². The molecule has 0 radical (unpaired) electrons. The minimum atomic E-state index is -0.462. The van der Waals surface area contributed by atoms with Gasteiger partial charge in [0.05, 0.1) is 24.4 Å². The molecule has 0 unspecified atom stereocenters. The molecule has 0 aromatic carbocycles. The van der Waals surface area contributed by atoms with Crippen LogP contribution in [0, 0.1) is 0 Å². The summed E-state index contributed by atoms with van der Waals surface area (Å²) in [7, 11) is 1.58. The highest BCUT2D eigenvalue weighted by Gasteiger charge is 2.36. The summed E-state index contributed by atoms with van der Waals surface area (Å²) < 4.78 is 10.1. The lowest BCUT2D eigenvalue weighted by molar-refractivity contribution is -0.138. The van der Waals surface area contributed by atoms with Crippen LogP contribution in [-0.4, -0.2) is 43.6 Å². The second-order valence-electron chi connectivity index (χ2n) is 4.70. The topological polar surface area (TPSA) is 55.8 Å². The van der Waals surface area contributed by atoms with Gasteiger partial charge >= 0.3 is 5.97 Å². The molecule has 0 N–H and O–H groups in total.